The number of halogens is 1. The van der Waals surface area contributed by atoms with Gasteiger partial charge in [0.15, 0.2) is 0 Å². The molecule has 0 spiro atoms. The molecule has 150 valence electrons. The number of carbonyl (C=O) groups excluding carboxylic acids is 2. The monoisotopic (exact) mass is 384 g/mol. The zero-order chi connectivity index (χ0) is 20.4. The molecule has 28 heavy (non-hydrogen) atoms. The molecule has 1 unspecified atom stereocenters. The van der Waals surface area contributed by atoms with Crippen molar-refractivity contribution in [3.05, 3.63) is 71.5 Å². The molecule has 2 aromatic rings. The Balaban J connectivity index is 2.31. The van der Waals surface area contributed by atoms with Crippen LogP contribution in [0.2, 0.25) is 0 Å². The van der Waals surface area contributed by atoms with Crippen molar-refractivity contribution in [3.63, 3.8) is 0 Å². The molecule has 0 saturated carbocycles. The smallest absolute Gasteiger partial charge is 0.243 e. The summed E-state index contributed by atoms with van der Waals surface area (Å²) in [5.74, 6) is -0.744. The van der Waals surface area contributed by atoms with E-state index in [-0.39, 0.29) is 30.6 Å². The van der Waals surface area contributed by atoms with Crippen molar-refractivity contribution in [2.24, 2.45) is 0 Å². The van der Waals surface area contributed by atoms with Gasteiger partial charge in [-0.1, -0.05) is 68.8 Å². The molecule has 0 aromatic heterocycles. The summed E-state index contributed by atoms with van der Waals surface area (Å²) in [6.07, 6.45) is 2.48. The molecule has 0 aliphatic carbocycles. The van der Waals surface area contributed by atoms with E-state index in [1.807, 2.05) is 30.3 Å². The van der Waals surface area contributed by atoms with Gasteiger partial charge >= 0.3 is 0 Å². The number of hydrogen-bond acceptors (Lipinski definition) is 2. The first kappa shape index (κ1) is 21.6. The minimum absolute atomic E-state index is 0.0675. The summed E-state index contributed by atoms with van der Waals surface area (Å²) >= 11 is 0. The van der Waals surface area contributed by atoms with Crippen LogP contribution in [0, 0.1) is 5.82 Å². The highest BCUT2D eigenvalue weighted by molar-refractivity contribution is 5.87. The van der Waals surface area contributed by atoms with Crippen LogP contribution in [0.1, 0.15) is 44.2 Å². The first-order chi connectivity index (χ1) is 13.6. The molecule has 0 saturated heterocycles. The summed E-state index contributed by atoms with van der Waals surface area (Å²) < 4.78 is 14.2. The lowest BCUT2D eigenvalue weighted by Crippen LogP contribution is -2.50. The highest BCUT2D eigenvalue weighted by atomic mass is 19.1. The average Bonchev–Trinajstić information content (AvgIpc) is 2.72. The Hall–Kier alpha value is -2.69. The fraction of sp³-hybridized carbons (Fsp3) is 0.391. The third-order valence-electron chi connectivity index (χ3n) is 4.70. The summed E-state index contributed by atoms with van der Waals surface area (Å²) in [4.78, 5) is 27.2. The highest BCUT2D eigenvalue weighted by Gasteiger charge is 2.29. The predicted octanol–water partition coefficient (Wildman–Crippen LogP) is 4.09. The molecule has 1 N–H and O–H groups in total. The molecule has 4 nitrogen and oxygen atoms in total. The predicted molar refractivity (Wildman–Crippen MR) is 109 cm³/mol. The van der Waals surface area contributed by atoms with Crippen LogP contribution >= 0.6 is 0 Å². The number of nitrogens with zero attached hydrogens (tertiary/aromatic N) is 1. The van der Waals surface area contributed by atoms with Gasteiger partial charge < -0.3 is 10.2 Å². The molecule has 2 rings (SSSR count). The summed E-state index contributed by atoms with van der Waals surface area (Å²) in [6.45, 7) is 4.44. The van der Waals surface area contributed by atoms with Gasteiger partial charge in [0, 0.05) is 31.5 Å². The molecule has 1 atom stereocenters. The number of amides is 2. The number of hydrogen-bond donors (Lipinski definition) is 1. The molecule has 0 heterocycles. The van der Waals surface area contributed by atoms with Gasteiger partial charge in [0.05, 0.1) is 0 Å². The second-order valence-electron chi connectivity index (χ2n) is 6.82. The molecule has 0 fully saturated rings. The number of rotatable bonds is 10. The van der Waals surface area contributed by atoms with E-state index in [9.17, 15) is 14.0 Å². The van der Waals surface area contributed by atoms with Gasteiger partial charge in [-0.05, 0) is 18.1 Å². The third kappa shape index (κ3) is 6.19. The minimum atomic E-state index is -0.689. The Morgan fingerprint density at radius 1 is 1.04 bits per heavy atom. The van der Waals surface area contributed by atoms with Crippen LogP contribution in [-0.4, -0.2) is 29.3 Å². The SMILES string of the molecule is CCCCNC(=O)C(Cc1ccccc1)N(Cc1ccccc1F)C(=O)CC. The molecule has 0 radical (unpaired) electrons. The quantitative estimate of drug-likeness (QED) is 0.627. The van der Waals surface area contributed by atoms with Gasteiger partial charge in [0.1, 0.15) is 11.9 Å². The van der Waals surface area contributed by atoms with E-state index in [4.69, 9.17) is 0 Å². The number of benzene rings is 2. The molecule has 2 aromatic carbocycles. The van der Waals surface area contributed by atoms with Crippen LogP contribution in [-0.2, 0) is 22.6 Å². The van der Waals surface area contributed by atoms with Gasteiger partial charge in [-0.2, -0.15) is 0 Å². The molecular weight excluding hydrogens is 355 g/mol. The van der Waals surface area contributed by atoms with Crippen LogP contribution in [0.4, 0.5) is 4.39 Å². The normalized spacial score (nSPS) is 11.7. The molecule has 0 aliphatic heterocycles. The van der Waals surface area contributed by atoms with Crippen molar-refractivity contribution in [3.8, 4) is 0 Å². The lowest BCUT2D eigenvalue weighted by Gasteiger charge is -2.31. The van der Waals surface area contributed by atoms with E-state index in [0.29, 0.717) is 18.5 Å². The van der Waals surface area contributed by atoms with E-state index >= 15 is 0 Å². The Bertz CT molecular complexity index is 764. The Kier molecular flexibility index (Phi) is 8.66. The summed E-state index contributed by atoms with van der Waals surface area (Å²) in [5.41, 5.74) is 1.37. The van der Waals surface area contributed by atoms with Crippen molar-refractivity contribution in [1.29, 1.82) is 0 Å². The molecule has 5 heteroatoms. The highest BCUT2D eigenvalue weighted by Crippen LogP contribution is 2.17. The fourth-order valence-corrected chi connectivity index (χ4v) is 3.07. The molecule has 0 bridgehead atoms. The van der Waals surface area contributed by atoms with Crippen molar-refractivity contribution < 1.29 is 14.0 Å². The fourth-order valence-electron chi connectivity index (χ4n) is 3.07. The van der Waals surface area contributed by atoms with Crippen molar-refractivity contribution in [1.82, 2.24) is 10.2 Å². The largest absolute Gasteiger partial charge is 0.354 e. The second-order valence-corrected chi connectivity index (χ2v) is 6.82. The van der Waals surface area contributed by atoms with Crippen molar-refractivity contribution in [2.75, 3.05) is 6.54 Å². The van der Waals surface area contributed by atoms with Gasteiger partial charge in [0.2, 0.25) is 11.8 Å². The Morgan fingerprint density at radius 3 is 2.36 bits per heavy atom. The third-order valence-corrected chi connectivity index (χ3v) is 4.70. The number of nitrogens with one attached hydrogen (secondary N) is 1. The maximum atomic E-state index is 14.2. The van der Waals surface area contributed by atoms with Crippen LogP contribution in [0.25, 0.3) is 0 Å². The topological polar surface area (TPSA) is 49.4 Å². The van der Waals surface area contributed by atoms with E-state index in [0.717, 1.165) is 18.4 Å². The number of carbonyl (C=O) groups is 2. The maximum Gasteiger partial charge on any atom is 0.243 e. The van der Waals surface area contributed by atoms with Gasteiger partial charge in [-0.3, -0.25) is 9.59 Å². The molecule has 2 amide bonds. The lowest BCUT2D eigenvalue weighted by molar-refractivity contribution is -0.141. The van der Waals surface area contributed by atoms with E-state index < -0.39 is 6.04 Å². The van der Waals surface area contributed by atoms with Crippen molar-refractivity contribution >= 4 is 11.8 Å². The maximum absolute atomic E-state index is 14.2. The Morgan fingerprint density at radius 2 is 1.71 bits per heavy atom. The Labute approximate surface area is 166 Å². The summed E-state index contributed by atoms with van der Waals surface area (Å²) in [7, 11) is 0. The second kappa shape index (κ2) is 11.2. The van der Waals surface area contributed by atoms with Gasteiger partial charge in [0.25, 0.3) is 0 Å². The summed E-state index contributed by atoms with van der Waals surface area (Å²) in [5, 5.41) is 2.94. The van der Waals surface area contributed by atoms with Crippen LogP contribution < -0.4 is 5.32 Å². The van der Waals surface area contributed by atoms with Gasteiger partial charge in [-0.25, -0.2) is 4.39 Å². The zero-order valence-corrected chi connectivity index (χ0v) is 16.7. The molecular formula is C23H29FN2O2. The first-order valence-corrected chi connectivity index (χ1v) is 9.91. The van der Waals surface area contributed by atoms with E-state index in [1.165, 1.54) is 11.0 Å². The van der Waals surface area contributed by atoms with Gasteiger partial charge in [-0.15, -0.1) is 0 Å². The van der Waals surface area contributed by atoms with Crippen LogP contribution in [0.5, 0.6) is 0 Å². The van der Waals surface area contributed by atoms with Crippen LogP contribution in [0.3, 0.4) is 0 Å². The zero-order valence-electron chi connectivity index (χ0n) is 16.7. The molecule has 0 aliphatic rings. The first-order valence-electron chi connectivity index (χ1n) is 9.91. The van der Waals surface area contributed by atoms with Crippen LogP contribution in [0.15, 0.2) is 54.6 Å². The number of unbranched alkanes of at least 4 members (excludes halogenated alkanes) is 1. The average molecular weight is 384 g/mol. The standard InChI is InChI=1S/C23H29FN2O2/c1-3-5-15-25-23(28)21(16-18-11-7-6-8-12-18)26(22(27)4-2)17-19-13-9-10-14-20(19)24/h6-14,21H,3-5,15-17H2,1-2H3,(H,25,28). The van der Waals surface area contributed by atoms with E-state index in [2.05, 4.69) is 12.2 Å². The lowest BCUT2D eigenvalue weighted by atomic mass is 10.0. The summed E-state index contributed by atoms with van der Waals surface area (Å²) in [6, 6.07) is 15.3. The van der Waals surface area contributed by atoms with Crippen molar-refractivity contribution in [2.45, 2.75) is 52.1 Å². The van der Waals surface area contributed by atoms with E-state index in [1.54, 1.807) is 25.1 Å². The minimum Gasteiger partial charge on any atom is -0.354 e.